The molecule has 0 bridgehead atoms. The molecule has 2 N–H and O–H groups in total. The largest absolute Gasteiger partial charge is 0.379 e. The van der Waals surface area contributed by atoms with Gasteiger partial charge in [0.1, 0.15) is 16.0 Å². The van der Waals surface area contributed by atoms with Crippen molar-refractivity contribution < 1.29 is 14.4 Å². The predicted molar refractivity (Wildman–Crippen MR) is 204 cm³/mol. The third kappa shape index (κ3) is 7.08. The highest BCUT2D eigenvalue weighted by Crippen LogP contribution is 2.43. The highest BCUT2D eigenvalue weighted by molar-refractivity contribution is 9.10. The molecule has 6 heterocycles. The monoisotopic (exact) mass is 784 g/mol. The van der Waals surface area contributed by atoms with Crippen molar-refractivity contribution in [2.75, 3.05) is 56.5 Å². The standard InChI is InChI=1S/C38H45BrN10O4/c1-45-22-26(19-27(23-45)41-30-21-40-46(2)37(53)34(30)39)24-3-5-25(6-4-24)36(52)48-17-13-38(14-18-48)11-15-47(16-12-38)28-7-8-29-32(20-28)49(44-43-29)31-9-10-33(50)42-35(31)51/h3-8,20-21,26-27,31,41H,9-19,22-23H2,1-2H3,(H,42,50,51)/t26-,27+,31?/m1/s1. The summed E-state index contributed by atoms with van der Waals surface area (Å²) in [6, 6.07) is 13.9. The van der Waals surface area contributed by atoms with Gasteiger partial charge < -0.3 is 20.0 Å². The number of likely N-dealkylation sites (tertiary alicyclic amines) is 2. The fourth-order valence-corrected chi connectivity index (χ4v) is 9.24. The van der Waals surface area contributed by atoms with Gasteiger partial charge >= 0.3 is 0 Å². The van der Waals surface area contributed by atoms with Crippen LogP contribution in [0, 0.1) is 5.41 Å². The Labute approximate surface area is 316 Å². The lowest BCUT2D eigenvalue weighted by Crippen LogP contribution is -2.48. The van der Waals surface area contributed by atoms with Gasteiger partial charge in [-0.25, -0.2) is 9.36 Å². The van der Waals surface area contributed by atoms with Gasteiger partial charge in [-0.05, 0) is 109 Å². The molecule has 53 heavy (non-hydrogen) atoms. The lowest BCUT2D eigenvalue weighted by molar-refractivity contribution is -0.135. The van der Waals surface area contributed by atoms with Crippen molar-refractivity contribution in [1.29, 1.82) is 0 Å². The van der Waals surface area contributed by atoms with Crippen LogP contribution in [0.5, 0.6) is 0 Å². The van der Waals surface area contributed by atoms with E-state index < -0.39 is 6.04 Å². The molecule has 4 aliphatic rings. The number of fused-ring (bicyclic) bond motifs is 1. The average molecular weight is 786 g/mol. The Kier molecular flexibility index (Phi) is 9.56. The first-order valence-electron chi connectivity index (χ1n) is 18.6. The summed E-state index contributed by atoms with van der Waals surface area (Å²) in [4.78, 5) is 57.0. The fraction of sp³-hybridized carbons (Fsp3) is 0.500. The SMILES string of the molecule is CN1C[C@@H](Nc2cnn(C)c(=O)c2Br)C[C@@H](c2ccc(C(=O)N3CCC4(CC3)CCN(c3ccc5nnn(C6CCC(=O)NC6=O)c5c3)CC4)cc2)C1. The number of nitrogens with zero attached hydrogens (tertiary/aromatic N) is 8. The van der Waals surface area contributed by atoms with Gasteiger partial charge in [-0.3, -0.25) is 24.5 Å². The van der Waals surface area contributed by atoms with E-state index in [4.69, 9.17) is 0 Å². The predicted octanol–water partition coefficient (Wildman–Crippen LogP) is 3.69. The Balaban J connectivity index is 0.854. The van der Waals surface area contributed by atoms with E-state index in [-0.39, 0.29) is 41.2 Å². The first-order valence-corrected chi connectivity index (χ1v) is 19.3. The first-order chi connectivity index (χ1) is 25.6. The number of hydrogen-bond donors (Lipinski definition) is 2. The summed E-state index contributed by atoms with van der Waals surface area (Å²) in [5.74, 6) is -0.189. The average Bonchev–Trinajstić information content (AvgIpc) is 3.58. The molecule has 3 amide bonds. The number of rotatable bonds is 6. The van der Waals surface area contributed by atoms with Gasteiger partial charge in [0, 0.05) is 70.0 Å². The Morgan fingerprint density at radius 1 is 0.962 bits per heavy atom. The molecule has 1 spiro atoms. The summed E-state index contributed by atoms with van der Waals surface area (Å²) in [5.41, 5.74) is 5.31. The summed E-state index contributed by atoms with van der Waals surface area (Å²) >= 11 is 3.43. The van der Waals surface area contributed by atoms with Crippen LogP contribution in [0.15, 0.2) is 57.9 Å². The minimum absolute atomic E-state index is 0.0988. The second-order valence-electron chi connectivity index (χ2n) is 15.4. The molecule has 4 fully saturated rings. The summed E-state index contributed by atoms with van der Waals surface area (Å²) in [7, 11) is 3.75. The second kappa shape index (κ2) is 14.3. The van der Waals surface area contributed by atoms with E-state index in [0.717, 1.165) is 93.7 Å². The summed E-state index contributed by atoms with van der Waals surface area (Å²) in [6.07, 6.45) is 7.42. The summed E-state index contributed by atoms with van der Waals surface area (Å²) in [5, 5.41) is 18.7. The van der Waals surface area contributed by atoms with E-state index in [1.807, 2.05) is 23.1 Å². The fourth-order valence-electron chi connectivity index (χ4n) is 8.77. The number of carbonyl (C=O) groups excluding carboxylic acids is 3. The van der Waals surface area contributed by atoms with E-state index in [0.29, 0.717) is 22.5 Å². The molecule has 14 nitrogen and oxygen atoms in total. The zero-order chi connectivity index (χ0) is 36.9. The van der Waals surface area contributed by atoms with Gasteiger partial charge in [-0.15, -0.1) is 5.10 Å². The van der Waals surface area contributed by atoms with Crippen molar-refractivity contribution in [3.63, 3.8) is 0 Å². The minimum Gasteiger partial charge on any atom is -0.379 e. The molecular formula is C38H45BrN10O4. The van der Waals surface area contributed by atoms with Crippen LogP contribution < -0.4 is 21.1 Å². The maximum Gasteiger partial charge on any atom is 0.282 e. The van der Waals surface area contributed by atoms with E-state index in [1.165, 1.54) is 10.2 Å². The summed E-state index contributed by atoms with van der Waals surface area (Å²) < 4.78 is 3.46. The van der Waals surface area contributed by atoms with E-state index in [9.17, 15) is 19.2 Å². The molecule has 1 unspecified atom stereocenters. The number of nitrogens with one attached hydrogen (secondary N) is 2. The van der Waals surface area contributed by atoms with Crippen LogP contribution in [0.1, 0.15) is 72.8 Å². The van der Waals surface area contributed by atoms with Crippen LogP contribution in [-0.4, -0.2) is 105 Å². The van der Waals surface area contributed by atoms with Gasteiger partial charge in [-0.2, -0.15) is 5.10 Å². The molecular weight excluding hydrogens is 740 g/mol. The van der Waals surface area contributed by atoms with E-state index in [1.54, 1.807) is 17.9 Å². The third-order valence-corrected chi connectivity index (χ3v) is 12.7. The van der Waals surface area contributed by atoms with Crippen molar-refractivity contribution in [3.8, 4) is 0 Å². The molecule has 4 saturated heterocycles. The third-order valence-electron chi connectivity index (χ3n) is 12.0. The van der Waals surface area contributed by atoms with E-state index >= 15 is 0 Å². The molecule has 8 rings (SSSR count). The van der Waals surface area contributed by atoms with Gasteiger partial charge in [-0.1, -0.05) is 17.3 Å². The molecule has 2 aromatic carbocycles. The van der Waals surface area contributed by atoms with Gasteiger partial charge in [0.2, 0.25) is 5.91 Å². The van der Waals surface area contributed by atoms with Crippen LogP contribution >= 0.6 is 15.9 Å². The zero-order valence-electron chi connectivity index (χ0n) is 30.1. The Morgan fingerprint density at radius 2 is 1.70 bits per heavy atom. The molecule has 0 radical (unpaired) electrons. The lowest BCUT2D eigenvalue weighted by Gasteiger charge is -2.47. The molecule has 278 valence electrons. The van der Waals surface area contributed by atoms with Crippen molar-refractivity contribution in [2.45, 2.75) is 62.9 Å². The highest BCUT2D eigenvalue weighted by atomic mass is 79.9. The summed E-state index contributed by atoms with van der Waals surface area (Å²) in [6.45, 7) is 5.15. The smallest absolute Gasteiger partial charge is 0.282 e. The molecule has 2 aromatic heterocycles. The zero-order valence-corrected chi connectivity index (χ0v) is 31.7. The molecule has 0 aliphatic carbocycles. The number of likely N-dealkylation sites (N-methyl/N-ethyl adjacent to an activating group) is 1. The van der Waals surface area contributed by atoms with Crippen LogP contribution in [0.25, 0.3) is 11.0 Å². The van der Waals surface area contributed by atoms with Gasteiger partial charge in [0.05, 0.1) is 17.4 Å². The highest BCUT2D eigenvalue weighted by Gasteiger charge is 2.39. The molecule has 4 aliphatic heterocycles. The number of imide groups is 1. The normalized spacial score (nSPS) is 23.7. The van der Waals surface area contributed by atoms with Crippen LogP contribution in [0.2, 0.25) is 0 Å². The number of halogens is 1. The van der Waals surface area contributed by atoms with Crippen LogP contribution in [0.4, 0.5) is 11.4 Å². The van der Waals surface area contributed by atoms with Crippen molar-refractivity contribution in [2.24, 2.45) is 12.5 Å². The van der Waals surface area contributed by atoms with E-state index in [2.05, 4.69) is 83.1 Å². The minimum atomic E-state index is -0.543. The van der Waals surface area contributed by atoms with Gasteiger partial charge in [0.25, 0.3) is 17.4 Å². The number of hydrogen-bond acceptors (Lipinski definition) is 10. The van der Waals surface area contributed by atoms with Crippen molar-refractivity contribution in [3.05, 3.63) is 74.6 Å². The first kappa shape index (κ1) is 35.4. The van der Waals surface area contributed by atoms with Crippen LogP contribution in [0.3, 0.4) is 0 Å². The molecule has 0 saturated carbocycles. The van der Waals surface area contributed by atoms with Crippen LogP contribution in [-0.2, 0) is 16.6 Å². The molecule has 3 atom stereocenters. The number of amides is 3. The number of aryl methyl sites for hydroxylation is 1. The molecule has 4 aromatic rings. The number of aromatic nitrogens is 5. The maximum absolute atomic E-state index is 13.7. The number of anilines is 2. The Bertz CT molecular complexity index is 2100. The molecule has 15 heteroatoms. The number of carbonyl (C=O) groups is 3. The van der Waals surface area contributed by atoms with Crippen molar-refractivity contribution >= 4 is 56.1 Å². The Morgan fingerprint density at radius 3 is 2.43 bits per heavy atom. The van der Waals surface area contributed by atoms with Crippen molar-refractivity contribution in [1.82, 2.24) is 39.9 Å². The Hall–Kier alpha value is -4.63. The lowest BCUT2D eigenvalue weighted by atomic mass is 9.71. The quantitative estimate of drug-likeness (QED) is 0.277. The second-order valence-corrected chi connectivity index (χ2v) is 16.2. The van der Waals surface area contributed by atoms with Gasteiger partial charge in [0.15, 0.2) is 0 Å². The maximum atomic E-state index is 13.7. The topological polar surface area (TPSA) is 151 Å². The number of benzene rings is 2. The number of piperidine rings is 4.